The summed E-state index contributed by atoms with van der Waals surface area (Å²) in [5, 5.41) is 0. The summed E-state index contributed by atoms with van der Waals surface area (Å²) in [6.45, 7) is 4.79. The molecule has 0 aliphatic heterocycles. The number of thiol groups is 1. The number of hydrogen-bond acceptors (Lipinski definition) is 1. The first-order chi connectivity index (χ1) is 13.7. The number of unbranched alkanes of at least 4 members (excludes halogenated alkanes) is 15. The van der Waals surface area contributed by atoms with Crippen LogP contribution in [0.4, 0.5) is 0 Å². The van der Waals surface area contributed by atoms with E-state index in [9.17, 15) is 0 Å². The van der Waals surface area contributed by atoms with E-state index in [1.54, 1.807) is 0 Å². The summed E-state index contributed by atoms with van der Waals surface area (Å²) < 4.78 is 0. The highest BCUT2D eigenvalue weighted by Crippen LogP contribution is 2.29. The summed E-state index contributed by atoms with van der Waals surface area (Å²) in [6.07, 6.45) is 24.2. The molecule has 0 bridgehead atoms. The molecule has 1 rings (SSSR count). The third-order valence-electron chi connectivity index (χ3n) is 6.27. The highest BCUT2D eigenvalue weighted by Gasteiger charge is 2.19. The average molecular weight is 405 g/mol. The van der Waals surface area contributed by atoms with E-state index in [2.05, 4.69) is 56.8 Å². The van der Waals surface area contributed by atoms with Crippen LogP contribution in [-0.4, -0.2) is 5.75 Å². The van der Waals surface area contributed by atoms with Crippen LogP contribution in [0.25, 0.3) is 0 Å². The molecule has 162 valence electrons. The molecule has 0 radical (unpaired) electrons. The molecule has 0 fully saturated rings. The van der Waals surface area contributed by atoms with Gasteiger partial charge < -0.3 is 0 Å². The molecule has 1 aromatic carbocycles. The van der Waals surface area contributed by atoms with Gasteiger partial charge in [0.2, 0.25) is 0 Å². The summed E-state index contributed by atoms with van der Waals surface area (Å²) in [7, 11) is 0. The van der Waals surface area contributed by atoms with Gasteiger partial charge in [-0.05, 0) is 29.6 Å². The van der Waals surface area contributed by atoms with E-state index in [0.29, 0.717) is 5.41 Å². The van der Waals surface area contributed by atoms with E-state index < -0.39 is 0 Å². The van der Waals surface area contributed by atoms with E-state index in [1.807, 2.05) is 0 Å². The van der Waals surface area contributed by atoms with Gasteiger partial charge in [-0.2, -0.15) is 12.6 Å². The molecule has 0 saturated carbocycles. The Morgan fingerprint density at radius 2 is 0.893 bits per heavy atom. The van der Waals surface area contributed by atoms with Crippen LogP contribution in [0, 0.1) is 0 Å². The predicted octanol–water partition coefficient (Wildman–Crippen LogP) is 9.53. The number of benzene rings is 1. The second-order valence-electron chi connectivity index (χ2n) is 9.38. The lowest BCUT2D eigenvalue weighted by atomic mass is 9.80. The van der Waals surface area contributed by atoms with Gasteiger partial charge in [0, 0.05) is 0 Å². The minimum atomic E-state index is 0.327. The first-order valence-corrected chi connectivity index (χ1v) is 13.0. The van der Waals surface area contributed by atoms with Gasteiger partial charge in [0.25, 0.3) is 0 Å². The van der Waals surface area contributed by atoms with Crippen LogP contribution in [0.1, 0.15) is 129 Å². The molecule has 0 nitrogen and oxygen atoms in total. The SMILES string of the molecule is CC(C)(CCCCCCCCCCCCCCCCCCS)c1ccccc1. The molecule has 0 aliphatic carbocycles. The zero-order valence-corrected chi connectivity index (χ0v) is 20.0. The molecular formula is C27H48S. The number of rotatable bonds is 19. The Bertz CT molecular complexity index is 437. The van der Waals surface area contributed by atoms with Gasteiger partial charge in [0.05, 0.1) is 0 Å². The molecule has 0 unspecified atom stereocenters. The van der Waals surface area contributed by atoms with Crippen LogP contribution in [0.3, 0.4) is 0 Å². The third-order valence-corrected chi connectivity index (χ3v) is 6.58. The molecule has 0 atom stereocenters. The molecule has 0 spiro atoms. The summed E-state index contributed by atoms with van der Waals surface area (Å²) in [5.41, 5.74) is 1.82. The highest BCUT2D eigenvalue weighted by molar-refractivity contribution is 7.80. The maximum Gasteiger partial charge on any atom is -0.00979 e. The van der Waals surface area contributed by atoms with Crippen molar-refractivity contribution in [3.8, 4) is 0 Å². The molecule has 1 heteroatoms. The standard InChI is InChI=1S/C27H48S/c1-27(2,26-22-18-17-19-23-26)24-20-15-13-11-9-7-5-3-4-6-8-10-12-14-16-21-25-28/h17-19,22-23,28H,3-16,20-21,24-25H2,1-2H3. The van der Waals surface area contributed by atoms with E-state index in [1.165, 1.54) is 115 Å². The van der Waals surface area contributed by atoms with Crippen LogP contribution in [-0.2, 0) is 5.41 Å². The lowest BCUT2D eigenvalue weighted by Gasteiger charge is -2.25. The van der Waals surface area contributed by atoms with Gasteiger partial charge in [-0.1, -0.05) is 140 Å². The summed E-state index contributed by atoms with van der Waals surface area (Å²) in [5.74, 6) is 1.06. The van der Waals surface area contributed by atoms with E-state index in [0.717, 1.165) is 5.75 Å². The van der Waals surface area contributed by atoms with Gasteiger partial charge in [-0.25, -0.2) is 0 Å². The molecule has 1 aromatic rings. The van der Waals surface area contributed by atoms with Crippen LogP contribution in [0.5, 0.6) is 0 Å². The summed E-state index contributed by atoms with van der Waals surface area (Å²) in [4.78, 5) is 0. The molecule has 28 heavy (non-hydrogen) atoms. The highest BCUT2D eigenvalue weighted by atomic mass is 32.1. The fraction of sp³-hybridized carbons (Fsp3) is 0.778. The fourth-order valence-corrected chi connectivity index (χ4v) is 4.41. The quantitative estimate of drug-likeness (QED) is 0.172. The molecule has 0 heterocycles. The minimum absolute atomic E-state index is 0.327. The zero-order chi connectivity index (χ0) is 20.3. The Hall–Kier alpha value is -0.430. The monoisotopic (exact) mass is 404 g/mol. The maximum absolute atomic E-state index is 4.27. The smallest absolute Gasteiger partial charge is 0.00979 e. The van der Waals surface area contributed by atoms with Crippen LogP contribution in [0.2, 0.25) is 0 Å². The lowest BCUT2D eigenvalue weighted by Crippen LogP contribution is -2.16. The Balaban J connectivity index is 1.81. The van der Waals surface area contributed by atoms with Crippen molar-refractivity contribution >= 4 is 12.6 Å². The van der Waals surface area contributed by atoms with Crippen LogP contribution in [0.15, 0.2) is 30.3 Å². The Kier molecular flexibility index (Phi) is 15.9. The van der Waals surface area contributed by atoms with Crippen LogP contribution >= 0.6 is 12.6 Å². The first kappa shape index (κ1) is 25.6. The van der Waals surface area contributed by atoms with Gasteiger partial charge in [0.1, 0.15) is 0 Å². The van der Waals surface area contributed by atoms with Gasteiger partial charge in [-0.3, -0.25) is 0 Å². The average Bonchev–Trinajstić information content (AvgIpc) is 2.71. The van der Waals surface area contributed by atoms with Crippen molar-refractivity contribution in [1.29, 1.82) is 0 Å². The molecule has 0 N–H and O–H groups in total. The molecular weight excluding hydrogens is 356 g/mol. The predicted molar refractivity (Wildman–Crippen MR) is 132 cm³/mol. The molecule has 0 aliphatic rings. The van der Waals surface area contributed by atoms with Crippen molar-refractivity contribution in [3.63, 3.8) is 0 Å². The van der Waals surface area contributed by atoms with E-state index >= 15 is 0 Å². The Morgan fingerprint density at radius 3 is 1.29 bits per heavy atom. The number of hydrogen-bond donors (Lipinski definition) is 1. The molecule has 0 amide bonds. The zero-order valence-electron chi connectivity index (χ0n) is 19.1. The summed E-state index contributed by atoms with van der Waals surface area (Å²) >= 11 is 4.27. The van der Waals surface area contributed by atoms with Crippen molar-refractivity contribution in [2.75, 3.05) is 5.75 Å². The van der Waals surface area contributed by atoms with Crippen molar-refractivity contribution in [3.05, 3.63) is 35.9 Å². The van der Waals surface area contributed by atoms with Gasteiger partial charge >= 0.3 is 0 Å². The van der Waals surface area contributed by atoms with Gasteiger partial charge in [-0.15, -0.1) is 0 Å². The van der Waals surface area contributed by atoms with E-state index in [-0.39, 0.29) is 0 Å². The minimum Gasteiger partial charge on any atom is -0.179 e. The first-order valence-electron chi connectivity index (χ1n) is 12.3. The second-order valence-corrected chi connectivity index (χ2v) is 9.83. The molecule has 0 aromatic heterocycles. The normalized spacial score (nSPS) is 11.8. The van der Waals surface area contributed by atoms with Gasteiger partial charge in [0.15, 0.2) is 0 Å². The Labute approximate surface area is 182 Å². The van der Waals surface area contributed by atoms with Crippen LogP contribution < -0.4 is 0 Å². The topological polar surface area (TPSA) is 0 Å². The largest absolute Gasteiger partial charge is 0.179 e. The molecule has 0 saturated heterocycles. The Morgan fingerprint density at radius 1 is 0.536 bits per heavy atom. The summed E-state index contributed by atoms with van der Waals surface area (Å²) in [6, 6.07) is 11.0. The fourth-order valence-electron chi connectivity index (χ4n) is 4.19. The van der Waals surface area contributed by atoms with Crippen molar-refractivity contribution < 1.29 is 0 Å². The second kappa shape index (κ2) is 17.4. The third kappa shape index (κ3) is 13.7. The van der Waals surface area contributed by atoms with Crippen molar-refractivity contribution in [2.45, 2.75) is 128 Å². The van der Waals surface area contributed by atoms with Crippen molar-refractivity contribution in [2.24, 2.45) is 0 Å². The lowest BCUT2D eigenvalue weighted by molar-refractivity contribution is 0.441. The van der Waals surface area contributed by atoms with E-state index in [4.69, 9.17) is 0 Å². The van der Waals surface area contributed by atoms with Crippen molar-refractivity contribution in [1.82, 2.24) is 0 Å². The maximum atomic E-state index is 4.27.